The number of rotatable bonds is 7. The van der Waals surface area contributed by atoms with Gasteiger partial charge in [-0.3, -0.25) is 4.79 Å². The van der Waals surface area contributed by atoms with Crippen LogP contribution >= 0.6 is 0 Å². The summed E-state index contributed by atoms with van der Waals surface area (Å²) in [6.07, 6.45) is 6.35. The van der Waals surface area contributed by atoms with Crippen molar-refractivity contribution in [2.75, 3.05) is 7.11 Å². The maximum atomic E-state index is 11.2. The standard InChI is InChI=1S/C24H27N3O3/c1-29-19-10-8-18(9-11-19)26-14-16-6-12-22(21-5-3-2-4-20(16)21)30-23-13-7-17(15-27-23)24(25)28/h2-7,12-13,15,18-19,26H,8-11,14H2,1H3,(H2,25,28). The van der Waals surface area contributed by atoms with E-state index in [4.69, 9.17) is 15.2 Å². The molecule has 1 aromatic heterocycles. The second-order valence-corrected chi connectivity index (χ2v) is 7.71. The van der Waals surface area contributed by atoms with Gasteiger partial charge in [-0.1, -0.05) is 30.3 Å². The maximum absolute atomic E-state index is 11.2. The number of amides is 1. The molecular weight excluding hydrogens is 378 g/mol. The summed E-state index contributed by atoms with van der Waals surface area (Å²) in [5.74, 6) is 0.646. The average Bonchev–Trinajstić information content (AvgIpc) is 2.79. The number of aromatic nitrogens is 1. The van der Waals surface area contributed by atoms with E-state index in [2.05, 4.69) is 28.5 Å². The smallest absolute Gasteiger partial charge is 0.250 e. The van der Waals surface area contributed by atoms with Crippen LogP contribution in [0.25, 0.3) is 10.8 Å². The van der Waals surface area contributed by atoms with Gasteiger partial charge in [-0.15, -0.1) is 0 Å². The first-order valence-corrected chi connectivity index (χ1v) is 10.3. The van der Waals surface area contributed by atoms with Crippen LogP contribution in [0.2, 0.25) is 0 Å². The summed E-state index contributed by atoms with van der Waals surface area (Å²) in [6, 6.07) is 16.1. The Morgan fingerprint density at radius 1 is 1.07 bits per heavy atom. The van der Waals surface area contributed by atoms with Crippen molar-refractivity contribution in [3.63, 3.8) is 0 Å². The molecule has 0 aliphatic heterocycles. The fourth-order valence-electron chi connectivity index (χ4n) is 4.03. The topological polar surface area (TPSA) is 86.5 Å². The number of nitrogens with one attached hydrogen (secondary N) is 1. The minimum Gasteiger partial charge on any atom is -0.438 e. The fraction of sp³-hybridized carbons (Fsp3) is 0.333. The van der Waals surface area contributed by atoms with Crippen LogP contribution < -0.4 is 15.8 Å². The number of primary amides is 1. The predicted octanol–water partition coefficient (Wildman–Crippen LogP) is 4.17. The predicted molar refractivity (Wildman–Crippen MR) is 117 cm³/mol. The Kier molecular flexibility index (Phi) is 6.26. The molecule has 1 aliphatic rings. The molecule has 0 saturated heterocycles. The van der Waals surface area contributed by atoms with Crippen LogP contribution in [0, 0.1) is 0 Å². The molecule has 1 fully saturated rings. The van der Waals surface area contributed by atoms with Crippen molar-refractivity contribution in [1.82, 2.24) is 10.3 Å². The minimum absolute atomic E-state index is 0.355. The highest BCUT2D eigenvalue weighted by Gasteiger charge is 2.20. The lowest BCUT2D eigenvalue weighted by molar-refractivity contribution is 0.0624. The highest BCUT2D eigenvalue weighted by atomic mass is 16.5. The van der Waals surface area contributed by atoms with Gasteiger partial charge in [-0.25, -0.2) is 4.98 Å². The van der Waals surface area contributed by atoms with Gasteiger partial charge in [-0.2, -0.15) is 0 Å². The summed E-state index contributed by atoms with van der Waals surface area (Å²) < 4.78 is 11.5. The summed E-state index contributed by atoms with van der Waals surface area (Å²) >= 11 is 0. The van der Waals surface area contributed by atoms with Crippen molar-refractivity contribution in [2.45, 2.75) is 44.4 Å². The molecule has 0 unspecified atom stereocenters. The molecule has 6 heteroatoms. The van der Waals surface area contributed by atoms with Crippen LogP contribution in [-0.4, -0.2) is 30.1 Å². The zero-order chi connectivity index (χ0) is 20.9. The Hall–Kier alpha value is -2.96. The van der Waals surface area contributed by atoms with Crippen molar-refractivity contribution in [3.05, 3.63) is 65.9 Å². The lowest BCUT2D eigenvalue weighted by atomic mass is 9.92. The molecule has 30 heavy (non-hydrogen) atoms. The van der Waals surface area contributed by atoms with Crippen molar-refractivity contribution in [3.8, 4) is 11.6 Å². The van der Waals surface area contributed by atoms with Crippen molar-refractivity contribution in [2.24, 2.45) is 5.73 Å². The number of hydrogen-bond acceptors (Lipinski definition) is 5. The zero-order valence-electron chi connectivity index (χ0n) is 17.1. The van der Waals surface area contributed by atoms with E-state index in [-0.39, 0.29) is 0 Å². The minimum atomic E-state index is -0.507. The second-order valence-electron chi connectivity index (χ2n) is 7.71. The summed E-state index contributed by atoms with van der Waals surface area (Å²) in [5, 5.41) is 5.89. The van der Waals surface area contributed by atoms with Crippen molar-refractivity contribution < 1.29 is 14.3 Å². The lowest BCUT2D eigenvalue weighted by Crippen LogP contribution is -2.34. The van der Waals surface area contributed by atoms with Crippen LogP contribution in [0.15, 0.2) is 54.7 Å². The first-order valence-electron chi connectivity index (χ1n) is 10.3. The van der Waals surface area contributed by atoms with Gasteiger partial charge in [0.2, 0.25) is 11.8 Å². The molecule has 1 heterocycles. The normalized spacial score (nSPS) is 19.0. The SMILES string of the molecule is COC1CCC(NCc2ccc(Oc3ccc(C(N)=O)cn3)c3ccccc23)CC1. The van der Waals surface area contributed by atoms with Crippen LogP contribution in [0.4, 0.5) is 0 Å². The number of nitrogens with zero attached hydrogens (tertiary/aromatic N) is 1. The Labute approximate surface area is 176 Å². The second kappa shape index (κ2) is 9.24. The summed E-state index contributed by atoms with van der Waals surface area (Å²) in [5.41, 5.74) is 6.87. The molecule has 4 rings (SSSR count). The molecule has 0 bridgehead atoms. The number of ether oxygens (including phenoxy) is 2. The number of hydrogen-bond donors (Lipinski definition) is 2. The lowest BCUT2D eigenvalue weighted by Gasteiger charge is -2.28. The number of benzene rings is 2. The maximum Gasteiger partial charge on any atom is 0.250 e. The molecular formula is C24H27N3O3. The average molecular weight is 405 g/mol. The monoisotopic (exact) mass is 405 g/mol. The van der Waals surface area contributed by atoms with E-state index in [0.29, 0.717) is 23.6 Å². The molecule has 1 aliphatic carbocycles. The molecule has 3 N–H and O–H groups in total. The molecule has 156 valence electrons. The highest BCUT2D eigenvalue weighted by Crippen LogP contribution is 2.32. The molecule has 0 spiro atoms. The summed E-state index contributed by atoms with van der Waals surface area (Å²) in [7, 11) is 1.80. The number of fused-ring (bicyclic) bond motifs is 1. The number of carbonyl (C=O) groups excluding carboxylic acids is 1. The van der Waals surface area contributed by atoms with Crippen LogP contribution in [0.1, 0.15) is 41.6 Å². The van der Waals surface area contributed by atoms with Gasteiger partial charge in [0.1, 0.15) is 5.75 Å². The highest BCUT2D eigenvalue weighted by molar-refractivity contribution is 5.92. The molecule has 1 amide bonds. The van der Waals surface area contributed by atoms with E-state index >= 15 is 0 Å². The summed E-state index contributed by atoms with van der Waals surface area (Å²) in [4.78, 5) is 15.4. The Morgan fingerprint density at radius 3 is 2.50 bits per heavy atom. The molecule has 2 aromatic carbocycles. The number of pyridine rings is 1. The van der Waals surface area contributed by atoms with E-state index in [9.17, 15) is 4.79 Å². The van der Waals surface area contributed by atoms with E-state index in [1.807, 2.05) is 18.2 Å². The number of nitrogens with two attached hydrogens (primary N) is 1. The van der Waals surface area contributed by atoms with E-state index in [1.165, 1.54) is 11.8 Å². The third-order valence-electron chi connectivity index (χ3n) is 5.80. The third-order valence-corrected chi connectivity index (χ3v) is 5.80. The molecule has 0 atom stereocenters. The van der Waals surface area contributed by atoms with Crippen molar-refractivity contribution >= 4 is 16.7 Å². The van der Waals surface area contributed by atoms with E-state index < -0.39 is 5.91 Å². The van der Waals surface area contributed by atoms with Gasteiger partial charge in [0.15, 0.2) is 0 Å². The first-order chi connectivity index (χ1) is 14.6. The Balaban J connectivity index is 1.49. The van der Waals surface area contributed by atoms with Gasteiger partial charge in [-0.05, 0) is 48.8 Å². The zero-order valence-corrected chi connectivity index (χ0v) is 17.1. The Bertz CT molecular complexity index is 1010. The quantitative estimate of drug-likeness (QED) is 0.616. The fourth-order valence-corrected chi connectivity index (χ4v) is 4.03. The Morgan fingerprint density at radius 2 is 1.83 bits per heavy atom. The largest absolute Gasteiger partial charge is 0.438 e. The van der Waals surface area contributed by atoms with Gasteiger partial charge < -0.3 is 20.5 Å². The van der Waals surface area contributed by atoms with Gasteiger partial charge >= 0.3 is 0 Å². The van der Waals surface area contributed by atoms with Gasteiger partial charge in [0, 0.05) is 37.3 Å². The molecule has 0 radical (unpaired) electrons. The molecule has 6 nitrogen and oxygen atoms in total. The van der Waals surface area contributed by atoms with E-state index in [1.54, 1.807) is 19.2 Å². The van der Waals surface area contributed by atoms with Gasteiger partial charge in [0.25, 0.3) is 0 Å². The third kappa shape index (κ3) is 4.61. The summed E-state index contributed by atoms with van der Waals surface area (Å²) in [6.45, 7) is 0.814. The van der Waals surface area contributed by atoms with Crippen LogP contribution in [-0.2, 0) is 11.3 Å². The van der Waals surface area contributed by atoms with Crippen LogP contribution in [0.3, 0.4) is 0 Å². The van der Waals surface area contributed by atoms with Crippen molar-refractivity contribution in [1.29, 1.82) is 0 Å². The first kappa shape index (κ1) is 20.3. The van der Waals surface area contributed by atoms with Gasteiger partial charge in [0.05, 0.1) is 11.7 Å². The van der Waals surface area contributed by atoms with E-state index in [0.717, 1.165) is 48.8 Å². The van der Waals surface area contributed by atoms with Crippen LogP contribution in [0.5, 0.6) is 11.6 Å². The number of carbonyl (C=O) groups is 1. The molecule has 1 saturated carbocycles. The number of methoxy groups -OCH3 is 1. The molecule has 3 aromatic rings.